The van der Waals surface area contributed by atoms with Crippen LogP contribution in [0.4, 0.5) is 0 Å². The van der Waals surface area contributed by atoms with Gasteiger partial charge >= 0.3 is 0 Å². The van der Waals surface area contributed by atoms with E-state index >= 15 is 0 Å². The molecule has 1 saturated carbocycles. The van der Waals surface area contributed by atoms with Crippen LogP contribution in [0.5, 0.6) is 0 Å². The minimum Gasteiger partial charge on any atom is -0.392 e. The van der Waals surface area contributed by atoms with Crippen LogP contribution in [0.25, 0.3) is 0 Å². The summed E-state index contributed by atoms with van der Waals surface area (Å²) < 4.78 is 0. The third-order valence-electron chi connectivity index (χ3n) is 4.65. The van der Waals surface area contributed by atoms with E-state index in [9.17, 15) is 5.11 Å². The molecule has 100 valence electrons. The molecular weight excluding hydrogens is 222 g/mol. The zero-order valence-corrected chi connectivity index (χ0v) is 11.5. The van der Waals surface area contributed by atoms with Gasteiger partial charge in [-0.2, -0.15) is 0 Å². The lowest BCUT2D eigenvalue weighted by atomic mass is 9.73. The van der Waals surface area contributed by atoms with Gasteiger partial charge in [-0.1, -0.05) is 50.6 Å². The summed E-state index contributed by atoms with van der Waals surface area (Å²) in [4.78, 5) is 0. The van der Waals surface area contributed by atoms with Crippen molar-refractivity contribution in [2.75, 3.05) is 6.54 Å². The molecule has 0 amide bonds. The normalized spacial score (nSPS) is 25.9. The van der Waals surface area contributed by atoms with Crippen LogP contribution in [0, 0.1) is 11.3 Å². The summed E-state index contributed by atoms with van der Waals surface area (Å²) in [6.07, 6.45) is 3.23. The highest BCUT2D eigenvalue weighted by atomic mass is 16.3. The molecule has 3 atom stereocenters. The molecule has 1 fully saturated rings. The van der Waals surface area contributed by atoms with Gasteiger partial charge in [0.05, 0.1) is 6.10 Å². The fourth-order valence-corrected chi connectivity index (χ4v) is 3.44. The predicted molar refractivity (Wildman–Crippen MR) is 75.4 cm³/mol. The second-order valence-corrected chi connectivity index (χ2v) is 6.23. The molecule has 1 aliphatic rings. The molecular formula is C16H25NO. The van der Waals surface area contributed by atoms with Crippen molar-refractivity contribution in [3.8, 4) is 0 Å². The van der Waals surface area contributed by atoms with E-state index in [0.29, 0.717) is 12.5 Å². The van der Waals surface area contributed by atoms with Crippen LogP contribution in [0.15, 0.2) is 30.3 Å². The van der Waals surface area contributed by atoms with Crippen molar-refractivity contribution in [2.45, 2.75) is 45.1 Å². The van der Waals surface area contributed by atoms with Crippen molar-refractivity contribution in [1.29, 1.82) is 0 Å². The van der Waals surface area contributed by atoms with Crippen molar-refractivity contribution >= 4 is 0 Å². The number of hydrogen-bond donors (Lipinski definition) is 2. The fraction of sp³-hybridized carbons (Fsp3) is 0.625. The zero-order valence-electron chi connectivity index (χ0n) is 11.5. The highest BCUT2D eigenvalue weighted by Gasteiger charge is 2.41. The maximum Gasteiger partial charge on any atom is 0.0654 e. The highest BCUT2D eigenvalue weighted by molar-refractivity contribution is 5.22. The minimum absolute atomic E-state index is 0.0635. The molecule has 1 aliphatic carbocycles. The van der Waals surface area contributed by atoms with Crippen molar-refractivity contribution < 1.29 is 5.11 Å². The lowest BCUT2D eigenvalue weighted by Gasteiger charge is -2.35. The van der Waals surface area contributed by atoms with E-state index in [1.54, 1.807) is 0 Å². The van der Waals surface area contributed by atoms with Gasteiger partial charge < -0.3 is 10.8 Å². The monoisotopic (exact) mass is 247 g/mol. The van der Waals surface area contributed by atoms with Gasteiger partial charge in [0.15, 0.2) is 0 Å². The van der Waals surface area contributed by atoms with Crippen LogP contribution in [0.3, 0.4) is 0 Å². The Labute approximate surface area is 110 Å². The predicted octanol–water partition coefficient (Wildman–Crippen LogP) is 2.92. The number of benzene rings is 1. The van der Waals surface area contributed by atoms with Crippen LogP contribution >= 0.6 is 0 Å². The second kappa shape index (κ2) is 5.41. The Kier molecular flexibility index (Phi) is 4.08. The largest absolute Gasteiger partial charge is 0.392 e. The molecule has 0 aromatic heterocycles. The van der Waals surface area contributed by atoms with Crippen LogP contribution in [-0.2, 0) is 0 Å². The molecule has 1 aromatic carbocycles. The molecule has 0 radical (unpaired) electrons. The quantitative estimate of drug-likeness (QED) is 0.859. The molecule has 2 heteroatoms. The molecule has 3 N–H and O–H groups in total. The van der Waals surface area contributed by atoms with Gasteiger partial charge in [0.2, 0.25) is 0 Å². The fourth-order valence-electron chi connectivity index (χ4n) is 3.44. The van der Waals surface area contributed by atoms with E-state index in [-0.39, 0.29) is 17.4 Å². The third kappa shape index (κ3) is 2.60. The molecule has 2 nitrogen and oxygen atoms in total. The van der Waals surface area contributed by atoms with E-state index in [0.717, 1.165) is 12.0 Å². The molecule has 0 saturated heterocycles. The van der Waals surface area contributed by atoms with Crippen molar-refractivity contribution in [2.24, 2.45) is 17.1 Å². The van der Waals surface area contributed by atoms with Gasteiger partial charge in [0.25, 0.3) is 0 Å². The SMILES string of the molecule is CC1(C)CCCC1C(O)C(CN)c1ccccc1. The van der Waals surface area contributed by atoms with Crippen molar-refractivity contribution in [3.05, 3.63) is 35.9 Å². The molecule has 3 unspecified atom stereocenters. The van der Waals surface area contributed by atoms with Crippen LogP contribution in [-0.4, -0.2) is 17.8 Å². The summed E-state index contributed by atoms with van der Waals surface area (Å²) in [5.41, 5.74) is 7.30. The van der Waals surface area contributed by atoms with Gasteiger partial charge in [0.1, 0.15) is 0 Å². The number of nitrogens with two attached hydrogens (primary N) is 1. The average Bonchev–Trinajstić information content (AvgIpc) is 2.71. The minimum atomic E-state index is -0.324. The lowest BCUT2D eigenvalue weighted by Crippen LogP contribution is -2.37. The summed E-state index contributed by atoms with van der Waals surface area (Å²) >= 11 is 0. The second-order valence-electron chi connectivity index (χ2n) is 6.23. The van der Waals surface area contributed by atoms with Crippen LogP contribution in [0.2, 0.25) is 0 Å². The summed E-state index contributed by atoms with van der Waals surface area (Å²) in [7, 11) is 0. The number of aliphatic hydroxyl groups excluding tert-OH is 1. The molecule has 1 aromatic rings. The van der Waals surface area contributed by atoms with Gasteiger partial charge in [-0.25, -0.2) is 0 Å². The number of aliphatic hydroxyl groups is 1. The Hall–Kier alpha value is -0.860. The zero-order chi connectivity index (χ0) is 13.2. The summed E-state index contributed by atoms with van der Waals surface area (Å²) in [6.45, 7) is 5.05. The first-order chi connectivity index (χ1) is 8.56. The number of rotatable bonds is 4. The number of hydrogen-bond acceptors (Lipinski definition) is 2. The van der Waals surface area contributed by atoms with Crippen LogP contribution in [0.1, 0.15) is 44.6 Å². The Balaban J connectivity index is 2.18. The topological polar surface area (TPSA) is 46.2 Å². The first-order valence-corrected chi connectivity index (χ1v) is 6.99. The maximum absolute atomic E-state index is 10.7. The smallest absolute Gasteiger partial charge is 0.0654 e. The standard InChI is InChI=1S/C16H25NO/c1-16(2)10-6-9-14(16)15(18)13(11-17)12-7-4-3-5-8-12/h3-5,7-8,13-15,18H,6,9-11,17H2,1-2H3. The molecule has 2 rings (SSSR count). The Morgan fingerprint density at radius 3 is 2.50 bits per heavy atom. The van der Waals surface area contributed by atoms with E-state index in [1.165, 1.54) is 12.8 Å². The average molecular weight is 247 g/mol. The van der Waals surface area contributed by atoms with E-state index in [4.69, 9.17) is 5.73 Å². The first kappa shape index (κ1) is 13.6. The molecule has 18 heavy (non-hydrogen) atoms. The third-order valence-corrected chi connectivity index (χ3v) is 4.65. The maximum atomic E-state index is 10.7. The van der Waals surface area contributed by atoms with Gasteiger partial charge in [-0.3, -0.25) is 0 Å². The van der Waals surface area contributed by atoms with E-state index in [1.807, 2.05) is 18.2 Å². The van der Waals surface area contributed by atoms with E-state index < -0.39 is 0 Å². The van der Waals surface area contributed by atoms with Crippen LogP contribution < -0.4 is 5.73 Å². The first-order valence-electron chi connectivity index (χ1n) is 6.99. The van der Waals surface area contributed by atoms with Gasteiger partial charge in [0, 0.05) is 12.5 Å². The van der Waals surface area contributed by atoms with Crippen molar-refractivity contribution in [1.82, 2.24) is 0 Å². The Bertz CT molecular complexity index is 374. The summed E-state index contributed by atoms with van der Waals surface area (Å²) in [5, 5.41) is 10.7. The van der Waals surface area contributed by atoms with E-state index in [2.05, 4.69) is 26.0 Å². The van der Waals surface area contributed by atoms with Crippen molar-refractivity contribution in [3.63, 3.8) is 0 Å². The Morgan fingerprint density at radius 2 is 2.00 bits per heavy atom. The Morgan fingerprint density at radius 1 is 1.33 bits per heavy atom. The molecule has 0 heterocycles. The molecule has 0 aliphatic heterocycles. The lowest BCUT2D eigenvalue weighted by molar-refractivity contribution is 0.0346. The molecule has 0 spiro atoms. The summed E-state index contributed by atoms with van der Waals surface area (Å²) in [6, 6.07) is 10.2. The van der Waals surface area contributed by atoms with Gasteiger partial charge in [-0.15, -0.1) is 0 Å². The van der Waals surface area contributed by atoms with Gasteiger partial charge in [-0.05, 0) is 29.7 Å². The highest BCUT2D eigenvalue weighted by Crippen LogP contribution is 2.46. The molecule has 0 bridgehead atoms. The summed E-state index contributed by atoms with van der Waals surface area (Å²) in [5.74, 6) is 0.430.